The predicted octanol–water partition coefficient (Wildman–Crippen LogP) is 4.45. The molecule has 2 aromatic rings. The minimum Gasteiger partial charge on any atom is -0.378 e. The molecule has 0 aliphatic carbocycles. The lowest BCUT2D eigenvalue weighted by atomic mass is 10.0. The molecular formula is C21H28N2. The van der Waals surface area contributed by atoms with Crippen LogP contribution in [-0.4, -0.2) is 38.1 Å². The summed E-state index contributed by atoms with van der Waals surface area (Å²) in [4.78, 5) is 4.75. The van der Waals surface area contributed by atoms with Gasteiger partial charge in [0.1, 0.15) is 0 Å². The highest BCUT2D eigenvalue weighted by Crippen LogP contribution is 2.23. The first-order chi connectivity index (χ1) is 11.1. The molecule has 1 aliphatic heterocycles. The molecular weight excluding hydrogens is 280 g/mol. The molecule has 2 nitrogen and oxygen atoms in total. The maximum Gasteiger partial charge on any atom is 0.0361 e. The fraction of sp³-hybridized carbons (Fsp3) is 0.429. The van der Waals surface area contributed by atoms with E-state index in [1.54, 1.807) is 0 Å². The van der Waals surface area contributed by atoms with Crippen LogP contribution in [0, 0.1) is 0 Å². The Morgan fingerprint density at radius 2 is 1.57 bits per heavy atom. The van der Waals surface area contributed by atoms with Crippen LogP contribution >= 0.6 is 0 Å². The molecule has 1 saturated heterocycles. The van der Waals surface area contributed by atoms with Crippen molar-refractivity contribution in [3.05, 3.63) is 54.1 Å². The van der Waals surface area contributed by atoms with E-state index in [4.69, 9.17) is 0 Å². The Labute approximate surface area is 140 Å². The summed E-state index contributed by atoms with van der Waals surface area (Å²) in [6.45, 7) is 4.82. The predicted molar refractivity (Wildman–Crippen MR) is 100 cm³/mol. The number of benzene rings is 2. The lowest BCUT2D eigenvalue weighted by Crippen LogP contribution is -2.28. The van der Waals surface area contributed by atoms with Crippen LogP contribution in [0.4, 0.5) is 5.69 Å². The van der Waals surface area contributed by atoms with E-state index in [-0.39, 0.29) is 0 Å². The van der Waals surface area contributed by atoms with Gasteiger partial charge in [-0.3, -0.25) is 0 Å². The van der Waals surface area contributed by atoms with Crippen molar-refractivity contribution in [2.75, 3.05) is 32.1 Å². The van der Waals surface area contributed by atoms with Gasteiger partial charge in [0.05, 0.1) is 0 Å². The highest BCUT2D eigenvalue weighted by Gasteiger charge is 2.19. The molecule has 1 atom stereocenters. The molecule has 0 amide bonds. The van der Waals surface area contributed by atoms with Gasteiger partial charge in [0.15, 0.2) is 0 Å². The number of rotatable bonds is 5. The average molecular weight is 308 g/mol. The van der Waals surface area contributed by atoms with Gasteiger partial charge >= 0.3 is 0 Å². The Hall–Kier alpha value is -1.80. The fourth-order valence-corrected chi connectivity index (χ4v) is 3.41. The van der Waals surface area contributed by atoms with Crippen LogP contribution in [0.5, 0.6) is 0 Å². The van der Waals surface area contributed by atoms with E-state index in [0.29, 0.717) is 0 Å². The van der Waals surface area contributed by atoms with Crippen molar-refractivity contribution in [1.29, 1.82) is 0 Å². The maximum absolute atomic E-state index is 2.62. The number of anilines is 1. The van der Waals surface area contributed by atoms with Crippen molar-refractivity contribution in [3.8, 4) is 11.1 Å². The largest absolute Gasteiger partial charge is 0.378 e. The molecule has 1 heterocycles. The minimum atomic E-state index is 0.768. The standard InChI is InChI=1S/C21H28N2/c1-17-5-4-15-23(17)16-14-18-6-8-19(9-7-18)20-10-12-21(13-11-20)22(2)3/h6-13,17H,4-5,14-16H2,1-3H3/t17-/m1/s1. The van der Waals surface area contributed by atoms with Gasteiger partial charge < -0.3 is 9.80 Å². The third kappa shape index (κ3) is 3.94. The summed E-state index contributed by atoms with van der Waals surface area (Å²) >= 11 is 0. The van der Waals surface area contributed by atoms with Crippen LogP contribution in [-0.2, 0) is 6.42 Å². The van der Waals surface area contributed by atoms with Crippen molar-refractivity contribution < 1.29 is 0 Å². The summed E-state index contributed by atoms with van der Waals surface area (Å²) in [5, 5.41) is 0. The first kappa shape index (κ1) is 16.1. The first-order valence-corrected chi connectivity index (χ1v) is 8.74. The Balaban J connectivity index is 1.62. The molecule has 0 N–H and O–H groups in total. The van der Waals surface area contributed by atoms with Crippen LogP contribution in [0.2, 0.25) is 0 Å². The fourth-order valence-electron chi connectivity index (χ4n) is 3.41. The third-order valence-electron chi connectivity index (χ3n) is 5.05. The van der Waals surface area contributed by atoms with Crippen molar-refractivity contribution >= 4 is 5.69 Å². The Morgan fingerprint density at radius 3 is 2.09 bits per heavy atom. The highest BCUT2D eigenvalue weighted by atomic mass is 15.2. The van der Waals surface area contributed by atoms with E-state index in [1.165, 1.54) is 48.3 Å². The van der Waals surface area contributed by atoms with Gasteiger partial charge in [-0.05, 0) is 61.6 Å². The molecule has 1 fully saturated rings. The molecule has 0 radical (unpaired) electrons. The molecule has 2 aromatic carbocycles. The summed E-state index contributed by atoms with van der Waals surface area (Å²) in [5.41, 5.74) is 5.27. The van der Waals surface area contributed by atoms with Gasteiger partial charge in [-0.2, -0.15) is 0 Å². The minimum absolute atomic E-state index is 0.768. The lowest BCUT2D eigenvalue weighted by Gasteiger charge is -2.20. The monoisotopic (exact) mass is 308 g/mol. The van der Waals surface area contributed by atoms with Crippen LogP contribution in [0.25, 0.3) is 11.1 Å². The normalized spacial score (nSPS) is 18.3. The molecule has 0 saturated carbocycles. The van der Waals surface area contributed by atoms with Crippen LogP contribution in [0.1, 0.15) is 25.3 Å². The van der Waals surface area contributed by atoms with Crippen molar-refractivity contribution in [3.63, 3.8) is 0 Å². The number of hydrogen-bond acceptors (Lipinski definition) is 2. The van der Waals surface area contributed by atoms with E-state index in [1.807, 2.05) is 0 Å². The second-order valence-electron chi connectivity index (χ2n) is 6.92. The Morgan fingerprint density at radius 1 is 0.957 bits per heavy atom. The second kappa shape index (κ2) is 7.18. The molecule has 1 aliphatic rings. The molecule has 0 spiro atoms. The Bertz CT molecular complexity index is 613. The first-order valence-electron chi connectivity index (χ1n) is 8.74. The molecule has 0 bridgehead atoms. The van der Waals surface area contributed by atoms with Crippen molar-refractivity contribution in [2.24, 2.45) is 0 Å². The van der Waals surface area contributed by atoms with Gasteiger partial charge in [-0.25, -0.2) is 0 Å². The molecule has 3 rings (SSSR count). The van der Waals surface area contributed by atoms with E-state index in [9.17, 15) is 0 Å². The van der Waals surface area contributed by atoms with Gasteiger partial charge in [-0.15, -0.1) is 0 Å². The quantitative estimate of drug-likeness (QED) is 0.805. The van der Waals surface area contributed by atoms with E-state index in [0.717, 1.165) is 12.5 Å². The van der Waals surface area contributed by atoms with E-state index in [2.05, 4.69) is 79.3 Å². The SMILES string of the molecule is C[C@@H]1CCCN1CCc1ccc(-c2ccc(N(C)C)cc2)cc1. The third-order valence-corrected chi connectivity index (χ3v) is 5.05. The average Bonchev–Trinajstić information content (AvgIpc) is 2.99. The van der Waals surface area contributed by atoms with Crippen LogP contribution in [0.15, 0.2) is 48.5 Å². The van der Waals surface area contributed by atoms with Gasteiger partial charge in [0.25, 0.3) is 0 Å². The topological polar surface area (TPSA) is 6.48 Å². The molecule has 2 heteroatoms. The van der Waals surface area contributed by atoms with Gasteiger partial charge in [0.2, 0.25) is 0 Å². The lowest BCUT2D eigenvalue weighted by molar-refractivity contribution is 0.272. The van der Waals surface area contributed by atoms with Gasteiger partial charge in [-0.1, -0.05) is 36.4 Å². The molecule has 122 valence electrons. The Kier molecular flexibility index (Phi) is 5.02. The number of nitrogens with zero attached hydrogens (tertiary/aromatic N) is 2. The summed E-state index contributed by atoms with van der Waals surface area (Å²) in [6.07, 6.45) is 3.88. The number of hydrogen-bond donors (Lipinski definition) is 0. The van der Waals surface area contributed by atoms with Crippen molar-refractivity contribution in [2.45, 2.75) is 32.2 Å². The van der Waals surface area contributed by atoms with Crippen LogP contribution in [0.3, 0.4) is 0 Å². The number of likely N-dealkylation sites (tertiary alicyclic amines) is 1. The smallest absolute Gasteiger partial charge is 0.0361 e. The molecule has 23 heavy (non-hydrogen) atoms. The summed E-state index contributed by atoms with van der Waals surface area (Å²) in [5.74, 6) is 0. The van der Waals surface area contributed by atoms with Crippen molar-refractivity contribution in [1.82, 2.24) is 4.90 Å². The highest BCUT2D eigenvalue weighted by molar-refractivity contribution is 5.66. The molecule has 0 unspecified atom stereocenters. The molecule has 0 aromatic heterocycles. The zero-order valence-electron chi connectivity index (χ0n) is 14.6. The maximum atomic E-state index is 2.62. The van der Waals surface area contributed by atoms with E-state index < -0.39 is 0 Å². The zero-order chi connectivity index (χ0) is 16.2. The zero-order valence-corrected chi connectivity index (χ0v) is 14.6. The summed E-state index contributed by atoms with van der Waals surface area (Å²) < 4.78 is 0. The second-order valence-corrected chi connectivity index (χ2v) is 6.92. The summed E-state index contributed by atoms with van der Waals surface area (Å²) in [7, 11) is 4.15. The van der Waals surface area contributed by atoms with Gasteiger partial charge in [0, 0.05) is 32.4 Å². The van der Waals surface area contributed by atoms with Crippen LogP contribution < -0.4 is 4.90 Å². The summed E-state index contributed by atoms with van der Waals surface area (Å²) in [6, 6.07) is 18.6. The van der Waals surface area contributed by atoms with E-state index >= 15 is 0 Å².